The molecule has 0 saturated heterocycles. The molecule has 2 aromatic heterocycles. The Morgan fingerprint density at radius 1 is 1.35 bits per heavy atom. The van der Waals surface area contributed by atoms with Crippen LogP contribution in [0.3, 0.4) is 0 Å². The van der Waals surface area contributed by atoms with Crippen LogP contribution in [0.15, 0.2) is 33.4 Å². The van der Waals surface area contributed by atoms with Gasteiger partial charge in [-0.2, -0.15) is 10.2 Å². The summed E-state index contributed by atoms with van der Waals surface area (Å²) in [5, 5.41) is 10.5. The van der Waals surface area contributed by atoms with Crippen molar-refractivity contribution in [2.75, 3.05) is 0 Å². The first-order valence-corrected chi connectivity index (χ1v) is 5.77. The Kier molecular flexibility index (Phi) is 3.53. The van der Waals surface area contributed by atoms with Gasteiger partial charge < -0.3 is 9.73 Å². The van der Waals surface area contributed by atoms with E-state index in [0.29, 0.717) is 16.9 Å². The van der Waals surface area contributed by atoms with Crippen molar-refractivity contribution in [3.63, 3.8) is 0 Å². The summed E-state index contributed by atoms with van der Waals surface area (Å²) >= 11 is 3.14. The fourth-order valence-electron chi connectivity index (χ4n) is 1.22. The summed E-state index contributed by atoms with van der Waals surface area (Å²) in [6.45, 7) is 2.18. The number of halogens is 1. The predicted octanol–water partition coefficient (Wildman–Crippen LogP) is 2.07. The summed E-state index contributed by atoms with van der Waals surface area (Å²) in [6.07, 6.45) is 0. The summed E-state index contributed by atoms with van der Waals surface area (Å²) < 4.78 is 5.65. The third-order valence-electron chi connectivity index (χ3n) is 2.08. The van der Waals surface area contributed by atoms with Crippen LogP contribution in [0.5, 0.6) is 0 Å². The van der Waals surface area contributed by atoms with Crippen molar-refractivity contribution in [3.8, 4) is 0 Å². The molecular weight excluding hydrogens is 286 g/mol. The van der Waals surface area contributed by atoms with E-state index < -0.39 is 0 Å². The van der Waals surface area contributed by atoms with Gasteiger partial charge in [0.25, 0.3) is 5.91 Å². The first-order valence-electron chi connectivity index (χ1n) is 4.98. The number of hydrogen-bond acceptors (Lipinski definition) is 4. The summed E-state index contributed by atoms with van der Waals surface area (Å²) in [5.41, 5.74) is 1.55. The number of nitrogens with one attached hydrogen (secondary N) is 1. The Bertz CT molecular complexity index is 522. The lowest BCUT2D eigenvalue weighted by atomic mass is 10.3. The minimum Gasteiger partial charge on any atom is -0.444 e. The molecule has 0 saturated carbocycles. The molecule has 6 heteroatoms. The van der Waals surface area contributed by atoms with E-state index >= 15 is 0 Å². The van der Waals surface area contributed by atoms with Crippen molar-refractivity contribution < 1.29 is 9.21 Å². The van der Waals surface area contributed by atoms with Crippen LogP contribution in [-0.2, 0) is 6.54 Å². The van der Waals surface area contributed by atoms with E-state index in [0.717, 1.165) is 5.69 Å². The second kappa shape index (κ2) is 5.09. The Balaban J connectivity index is 1.94. The first-order chi connectivity index (χ1) is 8.15. The minimum absolute atomic E-state index is 0.261. The van der Waals surface area contributed by atoms with Crippen molar-refractivity contribution in [3.05, 3.63) is 46.1 Å². The fourth-order valence-corrected chi connectivity index (χ4v) is 1.52. The average molecular weight is 296 g/mol. The summed E-state index contributed by atoms with van der Waals surface area (Å²) in [6, 6.07) is 6.93. The Labute approximate surface area is 106 Å². The molecule has 0 fully saturated rings. The number of aryl methyl sites for hydroxylation is 1. The van der Waals surface area contributed by atoms with Gasteiger partial charge in [0.15, 0.2) is 10.4 Å². The summed E-state index contributed by atoms with van der Waals surface area (Å²) in [7, 11) is 0. The van der Waals surface area contributed by atoms with E-state index in [4.69, 9.17) is 4.42 Å². The second-order valence-corrected chi connectivity index (χ2v) is 4.23. The highest BCUT2D eigenvalue weighted by molar-refractivity contribution is 9.10. The third-order valence-corrected chi connectivity index (χ3v) is 2.51. The smallest absolute Gasteiger partial charge is 0.287 e. The van der Waals surface area contributed by atoms with E-state index in [1.165, 1.54) is 0 Å². The molecule has 0 bridgehead atoms. The van der Waals surface area contributed by atoms with Crippen LogP contribution in [0.4, 0.5) is 0 Å². The molecule has 0 spiro atoms. The maximum absolute atomic E-state index is 11.6. The number of hydrogen-bond donors (Lipinski definition) is 1. The van der Waals surface area contributed by atoms with Gasteiger partial charge in [0.1, 0.15) is 0 Å². The maximum atomic E-state index is 11.6. The molecule has 88 valence electrons. The van der Waals surface area contributed by atoms with Gasteiger partial charge >= 0.3 is 0 Å². The van der Waals surface area contributed by atoms with Crippen LogP contribution >= 0.6 is 15.9 Å². The van der Waals surface area contributed by atoms with Crippen LogP contribution in [0.1, 0.15) is 21.9 Å². The zero-order valence-electron chi connectivity index (χ0n) is 9.11. The molecular formula is C11H10BrN3O2. The van der Waals surface area contributed by atoms with Crippen molar-refractivity contribution in [1.82, 2.24) is 15.5 Å². The Hall–Kier alpha value is -1.69. The second-order valence-electron chi connectivity index (χ2n) is 3.45. The third kappa shape index (κ3) is 3.13. The van der Waals surface area contributed by atoms with Gasteiger partial charge in [-0.15, -0.1) is 0 Å². The van der Waals surface area contributed by atoms with E-state index in [2.05, 4.69) is 31.4 Å². The highest BCUT2D eigenvalue weighted by Crippen LogP contribution is 2.13. The van der Waals surface area contributed by atoms with Gasteiger partial charge in [0.05, 0.1) is 17.9 Å². The zero-order valence-corrected chi connectivity index (χ0v) is 10.7. The van der Waals surface area contributed by atoms with E-state index in [1.807, 2.05) is 19.1 Å². The van der Waals surface area contributed by atoms with Crippen molar-refractivity contribution in [1.29, 1.82) is 0 Å². The standard InChI is InChI=1S/C11H10BrN3O2/c1-7-2-3-8(15-14-7)6-13-11(16)9-4-5-10(12)17-9/h2-5H,6H2,1H3,(H,13,16). The lowest BCUT2D eigenvalue weighted by molar-refractivity contribution is 0.0921. The molecule has 0 aliphatic heterocycles. The lowest BCUT2D eigenvalue weighted by Crippen LogP contribution is -2.22. The Morgan fingerprint density at radius 3 is 2.76 bits per heavy atom. The van der Waals surface area contributed by atoms with Gasteiger partial charge in [-0.1, -0.05) is 0 Å². The molecule has 1 N–H and O–H groups in total. The van der Waals surface area contributed by atoms with Crippen LogP contribution in [0.2, 0.25) is 0 Å². The summed E-state index contributed by atoms with van der Waals surface area (Å²) in [4.78, 5) is 11.6. The molecule has 0 aromatic carbocycles. The van der Waals surface area contributed by atoms with E-state index in [9.17, 15) is 4.79 Å². The van der Waals surface area contributed by atoms with Crippen LogP contribution in [-0.4, -0.2) is 16.1 Å². The van der Waals surface area contributed by atoms with Gasteiger partial charge in [-0.05, 0) is 47.1 Å². The van der Waals surface area contributed by atoms with Gasteiger partial charge in [-0.3, -0.25) is 4.79 Å². The molecule has 17 heavy (non-hydrogen) atoms. The maximum Gasteiger partial charge on any atom is 0.287 e. The molecule has 2 aromatic rings. The van der Waals surface area contributed by atoms with Crippen molar-refractivity contribution >= 4 is 21.8 Å². The molecule has 0 radical (unpaired) electrons. The fraction of sp³-hybridized carbons (Fsp3) is 0.182. The molecule has 0 aliphatic rings. The molecule has 0 aliphatic carbocycles. The number of carbonyl (C=O) groups is 1. The number of rotatable bonds is 3. The highest BCUT2D eigenvalue weighted by atomic mass is 79.9. The number of amides is 1. The lowest BCUT2D eigenvalue weighted by Gasteiger charge is -2.02. The quantitative estimate of drug-likeness (QED) is 0.941. The van der Waals surface area contributed by atoms with E-state index in [1.54, 1.807) is 12.1 Å². The van der Waals surface area contributed by atoms with Gasteiger partial charge in [0.2, 0.25) is 0 Å². The predicted molar refractivity (Wildman–Crippen MR) is 64.3 cm³/mol. The van der Waals surface area contributed by atoms with E-state index in [-0.39, 0.29) is 11.7 Å². The molecule has 1 amide bonds. The van der Waals surface area contributed by atoms with Gasteiger partial charge in [-0.25, -0.2) is 0 Å². The van der Waals surface area contributed by atoms with Crippen molar-refractivity contribution in [2.24, 2.45) is 0 Å². The number of carbonyl (C=O) groups excluding carboxylic acids is 1. The Morgan fingerprint density at radius 2 is 2.18 bits per heavy atom. The molecule has 0 unspecified atom stereocenters. The minimum atomic E-state index is -0.280. The highest BCUT2D eigenvalue weighted by Gasteiger charge is 2.09. The first kappa shape index (κ1) is 11.8. The normalized spacial score (nSPS) is 10.2. The zero-order chi connectivity index (χ0) is 12.3. The van der Waals surface area contributed by atoms with Gasteiger partial charge in [0, 0.05) is 0 Å². The van der Waals surface area contributed by atoms with Crippen LogP contribution < -0.4 is 5.32 Å². The summed E-state index contributed by atoms with van der Waals surface area (Å²) in [5.74, 6) is -0.0185. The SMILES string of the molecule is Cc1ccc(CNC(=O)c2ccc(Br)o2)nn1. The molecule has 2 rings (SSSR count). The van der Waals surface area contributed by atoms with Crippen molar-refractivity contribution in [2.45, 2.75) is 13.5 Å². The number of aromatic nitrogens is 2. The molecule has 5 nitrogen and oxygen atoms in total. The average Bonchev–Trinajstić information content (AvgIpc) is 2.75. The topological polar surface area (TPSA) is 68.0 Å². The number of nitrogens with zero attached hydrogens (tertiary/aromatic N) is 2. The molecule has 0 atom stereocenters. The molecule has 2 heterocycles. The monoisotopic (exact) mass is 295 g/mol. The largest absolute Gasteiger partial charge is 0.444 e. The number of furan rings is 1. The van der Waals surface area contributed by atoms with Crippen LogP contribution in [0.25, 0.3) is 0 Å². The van der Waals surface area contributed by atoms with Crippen LogP contribution in [0, 0.1) is 6.92 Å².